The number of nitriles is 1. The molecule has 0 radical (unpaired) electrons. The van der Waals surface area contributed by atoms with E-state index in [4.69, 9.17) is 10.00 Å². The van der Waals surface area contributed by atoms with Crippen molar-refractivity contribution < 1.29 is 14.5 Å². The maximum absolute atomic E-state index is 12.1. The number of non-ortho nitro benzene ring substituents is 1. The minimum atomic E-state index is -0.627. The topological polar surface area (TPSA) is 117 Å². The quantitative estimate of drug-likeness (QED) is 0.362. The summed E-state index contributed by atoms with van der Waals surface area (Å²) >= 11 is 0. The first kappa shape index (κ1) is 17.5. The van der Waals surface area contributed by atoms with Crippen LogP contribution in [-0.4, -0.2) is 17.9 Å². The van der Waals surface area contributed by atoms with Crippen LogP contribution in [0.4, 0.5) is 17.1 Å². The molecule has 2 rings (SSSR count). The van der Waals surface area contributed by atoms with Crippen LogP contribution in [0.1, 0.15) is 0 Å². The third-order valence-corrected chi connectivity index (χ3v) is 3.17. The molecule has 0 bridgehead atoms. The molecule has 1 amide bonds. The van der Waals surface area contributed by atoms with Crippen molar-refractivity contribution in [1.82, 2.24) is 0 Å². The molecular formula is C17H14N4O4. The summed E-state index contributed by atoms with van der Waals surface area (Å²) in [6.45, 7) is 0. The molecule has 0 atom stereocenters. The number of anilines is 2. The number of rotatable bonds is 6. The van der Waals surface area contributed by atoms with E-state index in [1.165, 1.54) is 30.5 Å². The lowest BCUT2D eigenvalue weighted by atomic mass is 10.2. The van der Waals surface area contributed by atoms with E-state index in [-0.39, 0.29) is 11.3 Å². The second-order valence-corrected chi connectivity index (χ2v) is 4.80. The Morgan fingerprint density at radius 3 is 2.28 bits per heavy atom. The zero-order valence-electron chi connectivity index (χ0n) is 13.2. The molecule has 0 aromatic heterocycles. The third-order valence-electron chi connectivity index (χ3n) is 3.17. The van der Waals surface area contributed by atoms with Gasteiger partial charge < -0.3 is 15.4 Å². The van der Waals surface area contributed by atoms with Gasteiger partial charge in [-0.2, -0.15) is 5.26 Å². The molecule has 0 aliphatic heterocycles. The van der Waals surface area contributed by atoms with Crippen LogP contribution < -0.4 is 15.4 Å². The van der Waals surface area contributed by atoms with E-state index in [9.17, 15) is 14.9 Å². The highest BCUT2D eigenvalue weighted by atomic mass is 16.6. The summed E-state index contributed by atoms with van der Waals surface area (Å²) in [6.07, 6.45) is 1.28. The van der Waals surface area contributed by atoms with Crippen LogP contribution in [0.2, 0.25) is 0 Å². The van der Waals surface area contributed by atoms with E-state index in [0.29, 0.717) is 17.1 Å². The monoisotopic (exact) mass is 338 g/mol. The molecule has 2 aromatic carbocycles. The zero-order valence-corrected chi connectivity index (χ0v) is 13.2. The summed E-state index contributed by atoms with van der Waals surface area (Å²) < 4.78 is 5.04. The highest BCUT2D eigenvalue weighted by molar-refractivity contribution is 6.06. The Hall–Kier alpha value is -3.86. The van der Waals surface area contributed by atoms with Crippen molar-refractivity contribution in [1.29, 1.82) is 5.26 Å². The van der Waals surface area contributed by atoms with E-state index >= 15 is 0 Å². The molecule has 2 aromatic rings. The van der Waals surface area contributed by atoms with E-state index in [2.05, 4.69) is 10.6 Å². The highest BCUT2D eigenvalue weighted by Gasteiger charge is 2.10. The number of nitrogens with one attached hydrogen (secondary N) is 2. The molecule has 25 heavy (non-hydrogen) atoms. The number of nitrogens with zero attached hydrogens (tertiary/aromatic N) is 2. The SMILES string of the molecule is COc1ccc(N/C=C(/C#N)C(=O)Nc2ccc([N+](=O)[O-])cc2)cc1. The van der Waals surface area contributed by atoms with Gasteiger partial charge in [0.05, 0.1) is 12.0 Å². The number of ether oxygens (including phenoxy) is 1. The van der Waals surface area contributed by atoms with Gasteiger partial charge in [0.25, 0.3) is 11.6 Å². The van der Waals surface area contributed by atoms with Crippen molar-refractivity contribution in [2.75, 3.05) is 17.7 Å². The predicted molar refractivity (Wildman–Crippen MR) is 92.0 cm³/mol. The third kappa shape index (κ3) is 4.80. The Labute approximate surface area is 143 Å². The molecule has 126 valence electrons. The van der Waals surface area contributed by atoms with Crippen molar-refractivity contribution in [2.45, 2.75) is 0 Å². The van der Waals surface area contributed by atoms with Gasteiger partial charge in [-0.1, -0.05) is 0 Å². The molecule has 0 saturated carbocycles. The van der Waals surface area contributed by atoms with Crippen LogP contribution in [0.25, 0.3) is 0 Å². The van der Waals surface area contributed by atoms with Crippen molar-refractivity contribution >= 4 is 23.0 Å². The number of nitro benzene ring substituents is 1. The Morgan fingerprint density at radius 2 is 1.76 bits per heavy atom. The molecule has 0 spiro atoms. The van der Waals surface area contributed by atoms with Gasteiger partial charge in [0.1, 0.15) is 17.4 Å². The highest BCUT2D eigenvalue weighted by Crippen LogP contribution is 2.17. The average molecular weight is 338 g/mol. The number of carbonyl (C=O) groups is 1. The largest absolute Gasteiger partial charge is 0.497 e. The summed E-state index contributed by atoms with van der Waals surface area (Å²) in [7, 11) is 1.55. The number of carbonyl (C=O) groups excluding carboxylic acids is 1. The maximum Gasteiger partial charge on any atom is 0.269 e. The van der Waals surface area contributed by atoms with Crippen molar-refractivity contribution in [2.24, 2.45) is 0 Å². The molecular weight excluding hydrogens is 324 g/mol. The second kappa shape index (κ2) is 8.12. The Balaban J connectivity index is 2.04. The molecule has 0 unspecified atom stereocenters. The molecule has 8 heteroatoms. The first-order chi connectivity index (χ1) is 12.0. The fourth-order valence-electron chi connectivity index (χ4n) is 1.86. The fourth-order valence-corrected chi connectivity index (χ4v) is 1.86. The van der Waals surface area contributed by atoms with Gasteiger partial charge in [0.15, 0.2) is 0 Å². The summed E-state index contributed by atoms with van der Waals surface area (Å²) in [5, 5.41) is 25.1. The lowest BCUT2D eigenvalue weighted by Gasteiger charge is -2.06. The zero-order chi connectivity index (χ0) is 18.2. The van der Waals surface area contributed by atoms with Crippen LogP contribution in [0.3, 0.4) is 0 Å². The molecule has 0 aliphatic carbocycles. The summed E-state index contributed by atoms with van der Waals surface area (Å²) in [5.74, 6) is 0.0586. The minimum absolute atomic E-state index is 0.0878. The molecule has 0 saturated heterocycles. The Kier molecular flexibility index (Phi) is 5.68. The van der Waals surface area contributed by atoms with Crippen LogP contribution in [-0.2, 0) is 4.79 Å². The average Bonchev–Trinajstić information content (AvgIpc) is 2.63. The number of methoxy groups -OCH3 is 1. The van der Waals surface area contributed by atoms with Gasteiger partial charge in [-0.25, -0.2) is 0 Å². The number of hydrogen-bond donors (Lipinski definition) is 2. The van der Waals surface area contributed by atoms with Gasteiger partial charge in [0, 0.05) is 29.7 Å². The van der Waals surface area contributed by atoms with Crippen LogP contribution in [0, 0.1) is 21.4 Å². The molecule has 8 nitrogen and oxygen atoms in total. The van der Waals surface area contributed by atoms with Gasteiger partial charge in [-0.3, -0.25) is 14.9 Å². The smallest absolute Gasteiger partial charge is 0.269 e. The first-order valence-electron chi connectivity index (χ1n) is 7.10. The fraction of sp³-hybridized carbons (Fsp3) is 0.0588. The number of nitro groups is 1. The van der Waals surface area contributed by atoms with Gasteiger partial charge in [0.2, 0.25) is 0 Å². The van der Waals surface area contributed by atoms with Crippen molar-refractivity contribution in [3.63, 3.8) is 0 Å². The van der Waals surface area contributed by atoms with E-state index in [1.807, 2.05) is 0 Å². The summed E-state index contributed by atoms with van der Waals surface area (Å²) in [4.78, 5) is 22.2. The van der Waals surface area contributed by atoms with Crippen molar-refractivity contribution in [3.05, 3.63) is 70.4 Å². The summed E-state index contributed by atoms with van der Waals surface area (Å²) in [5.41, 5.74) is 0.794. The normalized spacial score (nSPS) is 10.5. The minimum Gasteiger partial charge on any atom is -0.497 e. The molecule has 0 fully saturated rings. The first-order valence-corrected chi connectivity index (χ1v) is 7.10. The van der Waals surface area contributed by atoms with Gasteiger partial charge in [-0.05, 0) is 36.4 Å². The van der Waals surface area contributed by atoms with Crippen molar-refractivity contribution in [3.8, 4) is 11.8 Å². The number of amides is 1. The molecule has 2 N–H and O–H groups in total. The van der Waals surface area contributed by atoms with E-state index in [0.717, 1.165) is 0 Å². The predicted octanol–water partition coefficient (Wildman–Crippen LogP) is 3.06. The summed E-state index contributed by atoms with van der Waals surface area (Å²) in [6, 6.07) is 14.0. The Bertz CT molecular complexity index is 836. The van der Waals surface area contributed by atoms with Crippen LogP contribution >= 0.6 is 0 Å². The number of hydrogen-bond acceptors (Lipinski definition) is 6. The van der Waals surface area contributed by atoms with Gasteiger partial charge in [-0.15, -0.1) is 0 Å². The molecule has 0 heterocycles. The van der Waals surface area contributed by atoms with E-state index < -0.39 is 10.8 Å². The van der Waals surface area contributed by atoms with E-state index in [1.54, 1.807) is 37.4 Å². The number of benzene rings is 2. The van der Waals surface area contributed by atoms with Crippen LogP contribution in [0.5, 0.6) is 5.75 Å². The van der Waals surface area contributed by atoms with Gasteiger partial charge >= 0.3 is 0 Å². The standard InChI is InChI=1S/C17H14N4O4/c1-25-16-8-4-13(5-9-16)19-11-12(10-18)17(22)20-14-2-6-15(7-3-14)21(23)24/h2-9,11,19H,1H3,(H,20,22)/b12-11-. The lowest BCUT2D eigenvalue weighted by molar-refractivity contribution is -0.384. The Morgan fingerprint density at radius 1 is 1.16 bits per heavy atom. The van der Waals surface area contributed by atoms with Crippen LogP contribution in [0.15, 0.2) is 60.3 Å². The molecule has 0 aliphatic rings. The lowest BCUT2D eigenvalue weighted by Crippen LogP contribution is -2.14. The maximum atomic E-state index is 12.1. The second-order valence-electron chi connectivity index (χ2n) is 4.80.